The van der Waals surface area contributed by atoms with Crippen LogP contribution in [0.2, 0.25) is 0 Å². The zero-order valence-corrected chi connectivity index (χ0v) is 24.4. The second-order valence-corrected chi connectivity index (χ2v) is 11.8. The van der Waals surface area contributed by atoms with E-state index in [9.17, 15) is 20.2 Å². The average molecular weight is 578 g/mol. The highest BCUT2D eigenvalue weighted by molar-refractivity contribution is 5.92. The number of nitrogens with zero attached hydrogens (tertiary/aromatic N) is 7. The Morgan fingerprint density at radius 2 is 1.91 bits per heavy atom. The molecule has 0 bridgehead atoms. The number of benzene rings is 2. The van der Waals surface area contributed by atoms with Crippen molar-refractivity contribution in [1.29, 1.82) is 5.26 Å². The summed E-state index contributed by atoms with van der Waals surface area (Å²) in [6, 6.07) is 21.7. The summed E-state index contributed by atoms with van der Waals surface area (Å²) in [7, 11) is 0. The highest BCUT2D eigenvalue weighted by Gasteiger charge is 2.40. The van der Waals surface area contributed by atoms with Gasteiger partial charge in [0.1, 0.15) is 5.60 Å². The summed E-state index contributed by atoms with van der Waals surface area (Å²) in [6.45, 7) is 7.96. The molecule has 3 heterocycles. The van der Waals surface area contributed by atoms with Crippen LogP contribution in [0.25, 0.3) is 22.4 Å². The first-order valence-corrected chi connectivity index (χ1v) is 14.2. The lowest BCUT2D eigenvalue weighted by Crippen LogP contribution is -2.39. The van der Waals surface area contributed by atoms with Gasteiger partial charge in [-0.15, -0.1) is 0 Å². The lowest BCUT2D eigenvalue weighted by atomic mass is 10.0. The zero-order chi connectivity index (χ0) is 30.5. The van der Waals surface area contributed by atoms with Gasteiger partial charge >= 0.3 is 11.9 Å². The Morgan fingerprint density at radius 3 is 2.58 bits per heavy atom. The van der Waals surface area contributed by atoms with E-state index >= 15 is 0 Å². The van der Waals surface area contributed by atoms with Gasteiger partial charge in [-0.25, -0.2) is 4.79 Å². The van der Waals surface area contributed by atoms with E-state index in [0.717, 1.165) is 24.1 Å². The van der Waals surface area contributed by atoms with E-state index in [2.05, 4.69) is 18.1 Å². The molecule has 43 heavy (non-hydrogen) atoms. The number of nitriles is 1. The quantitative estimate of drug-likeness (QED) is 0.148. The number of rotatable bonds is 8. The number of carbonyl (C=O) groups is 1. The van der Waals surface area contributed by atoms with Crippen LogP contribution >= 0.6 is 0 Å². The van der Waals surface area contributed by atoms with Gasteiger partial charge in [-0.3, -0.25) is 9.47 Å². The number of carbonyl (C=O) groups excluding carboxylic acids is 1. The minimum atomic E-state index is -0.734. The predicted molar refractivity (Wildman–Crippen MR) is 161 cm³/mol. The third kappa shape index (κ3) is 5.28. The van der Waals surface area contributed by atoms with Crippen LogP contribution in [0.1, 0.15) is 50.4 Å². The summed E-state index contributed by atoms with van der Waals surface area (Å²) < 4.78 is 9.05. The molecule has 2 aromatic carbocycles. The molecule has 1 saturated carbocycles. The molecule has 1 aliphatic rings. The lowest BCUT2D eigenvalue weighted by Gasteiger charge is -2.30. The van der Waals surface area contributed by atoms with Crippen LogP contribution < -0.4 is 4.90 Å². The van der Waals surface area contributed by atoms with Crippen LogP contribution in [0.4, 0.5) is 16.4 Å². The summed E-state index contributed by atoms with van der Waals surface area (Å²) in [5.74, 6) is 1.11. The highest BCUT2D eigenvalue weighted by atomic mass is 16.6. The SMILES string of the molecule is Cc1cc2c(C#N)cccc2n1-c1nc(N(Cc2ccccc2)C(=O)OC(C)(C)C[C@H]2CC2C)c2ccc([N+](=O)[O-])n2n1. The van der Waals surface area contributed by atoms with E-state index < -0.39 is 16.6 Å². The first kappa shape index (κ1) is 27.9. The molecule has 5 aromatic rings. The lowest BCUT2D eigenvalue weighted by molar-refractivity contribution is -0.390. The largest absolute Gasteiger partial charge is 0.443 e. The molecule has 1 unspecified atom stereocenters. The molecule has 1 amide bonds. The van der Waals surface area contributed by atoms with Gasteiger partial charge in [0.15, 0.2) is 11.3 Å². The minimum absolute atomic E-state index is 0.112. The molecule has 0 N–H and O–H groups in total. The fourth-order valence-corrected chi connectivity index (χ4v) is 5.75. The van der Waals surface area contributed by atoms with Crippen molar-refractivity contribution in [2.75, 3.05) is 4.90 Å². The number of ether oxygens (including phenoxy) is 1. The third-order valence-electron chi connectivity index (χ3n) is 8.05. The molecular weight excluding hydrogens is 546 g/mol. The van der Waals surface area contributed by atoms with Crippen molar-refractivity contribution in [3.8, 4) is 12.0 Å². The number of hydrogen-bond donors (Lipinski definition) is 0. The first-order valence-electron chi connectivity index (χ1n) is 14.2. The normalized spacial score (nSPS) is 16.3. The van der Waals surface area contributed by atoms with Crippen molar-refractivity contribution >= 4 is 34.1 Å². The predicted octanol–water partition coefficient (Wildman–Crippen LogP) is 6.73. The first-order chi connectivity index (χ1) is 20.6. The van der Waals surface area contributed by atoms with E-state index in [1.807, 2.05) is 63.2 Å². The number of nitro groups is 1. The van der Waals surface area contributed by atoms with Crippen molar-refractivity contribution in [2.24, 2.45) is 11.8 Å². The average Bonchev–Trinajstić information content (AvgIpc) is 3.32. The van der Waals surface area contributed by atoms with Gasteiger partial charge in [-0.2, -0.15) is 10.2 Å². The van der Waals surface area contributed by atoms with Crippen LogP contribution in [0.5, 0.6) is 0 Å². The molecule has 2 atom stereocenters. The summed E-state index contributed by atoms with van der Waals surface area (Å²) in [4.78, 5) is 31.8. The molecule has 1 aliphatic carbocycles. The van der Waals surface area contributed by atoms with Gasteiger partial charge in [0.25, 0.3) is 5.95 Å². The van der Waals surface area contributed by atoms with Gasteiger partial charge in [0.2, 0.25) is 0 Å². The van der Waals surface area contributed by atoms with Crippen molar-refractivity contribution in [3.05, 3.63) is 93.7 Å². The van der Waals surface area contributed by atoms with Gasteiger partial charge < -0.3 is 14.9 Å². The summed E-state index contributed by atoms with van der Waals surface area (Å²) in [5.41, 5.74) is 2.23. The Bertz CT molecular complexity index is 1920. The van der Waals surface area contributed by atoms with Crippen LogP contribution in [0.15, 0.2) is 66.7 Å². The number of anilines is 1. The standard InChI is InChI=1S/C32H31N7O4/c1-20-15-24(20)17-32(3,4)43-31(40)36(19-22-9-6-5-7-10-22)29-27-13-14-28(39(41)42)38(27)35-30(34-29)37-21(2)16-25-23(18-33)11-8-12-26(25)37/h5-14,16,20,24H,15,17,19H2,1-4H3/t20?,24-/m1/s1. The van der Waals surface area contributed by atoms with Crippen molar-refractivity contribution in [2.45, 2.75) is 52.7 Å². The van der Waals surface area contributed by atoms with Crippen LogP contribution in [0.3, 0.4) is 0 Å². The van der Waals surface area contributed by atoms with Crippen LogP contribution in [-0.4, -0.2) is 35.8 Å². The van der Waals surface area contributed by atoms with E-state index in [1.165, 1.54) is 21.5 Å². The monoisotopic (exact) mass is 577 g/mol. The third-order valence-corrected chi connectivity index (χ3v) is 8.05. The maximum atomic E-state index is 14.0. The Balaban J connectivity index is 1.54. The molecule has 11 heteroatoms. The molecule has 0 spiro atoms. The van der Waals surface area contributed by atoms with Gasteiger partial charge in [0, 0.05) is 17.1 Å². The second kappa shape index (κ2) is 10.5. The number of aromatic nitrogens is 4. The minimum Gasteiger partial charge on any atom is -0.443 e. The summed E-state index contributed by atoms with van der Waals surface area (Å²) >= 11 is 0. The number of aryl methyl sites for hydroxylation is 1. The number of amides is 1. The zero-order valence-electron chi connectivity index (χ0n) is 24.4. The molecule has 3 aromatic heterocycles. The molecular formula is C32H31N7O4. The van der Waals surface area contributed by atoms with Crippen molar-refractivity contribution < 1.29 is 14.5 Å². The second-order valence-electron chi connectivity index (χ2n) is 11.8. The Hall–Kier alpha value is -5.24. The summed E-state index contributed by atoms with van der Waals surface area (Å²) in [6.07, 6.45) is 1.23. The fourth-order valence-electron chi connectivity index (χ4n) is 5.75. The van der Waals surface area contributed by atoms with E-state index in [-0.39, 0.29) is 29.6 Å². The maximum absolute atomic E-state index is 14.0. The van der Waals surface area contributed by atoms with E-state index in [0.29, 0.717) is 28.3 Å². The molecule has 0 saturated heterocycles. The Morgan fingerprint density at radius 1 is 1.16 bits per heavy atom. The van der Waals surface area contributed by atoms with E-state index in [1.54, 1.807) is 16.7 Å². The molecule has 6 rings (SSSR count). The maximum Gasteiger partial charge on any atom is 0.416 e. The number of fused-ring (bicyclic) bond motifs is 2. The van der Waals surface area contributed by atoms with E-state index in [4.69, 9.17) is 9.72 Å². The molecule has 218 valence electrons. The fraction of sp³-hybridized carbons (Fsp3) is 0.312. The topological polar surface area (TPSA) is 132 Å². The van der Waals surface area contributed by atoms with Crippen LogP contribution in [0, 0.1) is 40.2 Å². The highest BCUT2D eigenvalue weighted by Crippen LogP contribution is 2.44. The number of hydrogen-bond acceptors (Lipinski definition) is 7. The summed E-state index contributed by atoms with van der Waals surface area (Å²) in [5, 5.41) is 27.0. The van der Waals surface area contributed by atoms with Gasteiger partial charge in [-0.1, -0.05) is 47.8 Å². The smallest absolute Gasteiger partial charge is 0.416 e. The molecule has 1 fully saturated rings. The molecule has 0 radical (unpaired) electrons. The van der Waals surface area contributed by atoms with Gasteiger partial charge in [0.05, 0.1) is 23.7 Å². The molecule has 0 aliphatic heterocycles. The molecule has 11 nitrogen and oxygen atoms in total. The van der Waals surface area contributed by atoms with Crippen molar-refractivity contribution in [3.63, 3.8) is 0 Å². The van der Waals surface area contributed by atoms with Gasteiger partial charge in [-0.05, 0) is 85.3 Å². The van der Waals surface area contributed by atoms with Crippen molar-refractivity contribution in [1.82, 2.24) is 19.2 Å². The Kier molecular flexibility index (Phi) is 6.85. The van der Waals surface area contributed by atoms with Crippen LogP contribution in [-0.2, 0) is 11.3 Å². The Labute approximate surface area is 248 Å².